The van der Waals surface area contributed by atoms with Gasteiger partial charge in [-0.05, 0) is 96.9 Å². The Kier molecular flexibility index (Phi) is 7.07. The van der Waals surface area contributed by atoms with Crippen molar-refractivity contribution in [1.82, 2.24) is 10.0 Å². The Balaban J connectivity index is 1.40. The zero-order valence-corrected chi connectivity index (χ0v) is 23.0. The standard InChI is InChI=1S/C30H35N3O4S/c1-20-14-23(18-34)15-21(2)28(20)24-8-11-27-26(16-24)30(12-4-5-13-30)19-33(27)29(35)32-17-22-6-9-25(10-7-22)38(36,37)31-3/h6-11,14-16,31,34H,4-5,12-13,17-19H2,1-3H3,(H,32,35). The van der Waals surface area contributed by atoms with Gasteiger partial charge in [-0.3, -0.25) is 4.90 Å². The Morgan fingerprint density at radius 1 is 0.974 bits per heavy atom. The number of hydrogen-bond acceptors (Lipinski definition) is 4. The van der Waals surface area contributed by atoms with E-state index in [0.717, 1.165) is 59.2 Å². The zero-order chi connectivity index (χ0) is 27.1. The summed E-state index contributed by atoms with van der Waals surface area (Å²) in [6.07, 6.45) is 4.45. The molecule has 1 spiro atoms. The molecule has 0 atom stereocenters. The van der Waals surface area contributed by atoms with Gasteiger partial charge in [0.15, 0.2) is 0 Å². The van der Waals surface area contributed by atoms with Gasteiger partial charge in [0.2, 0.25) is 10.0 Å². The molecule has 1 fully saturated rings. The molecule has 7 nitrogen and oxygen atoms in total. The van der Waals surface area contributed by atoms with Crippen LogP contribution < -0.4 is 14.9 Å². The molecule has 8 heteroatoms. The molecule has 38 heavy (non-hydrogen) atoms. The van der Waals surface area contributed by atoms with E-state index < -0.39 is 10.0 Å². The molecule has 1 aliphatic carbocycles. The predicted molar refractivity (Wildman–Crippen MR) is 150 cm³/mol. The molecule has 0 unspecified atom stereocenters. The number of benzene rings is 3. The number of aryl methyl sites for hydroxylation is 2. The molecule has 5 rings (SSSR count). The minimum absolute atomic E-state index is 0.0263. The number of aliphatic hydroxyl groups excluding tert-OH is 1. The molecule has 0 radical (unpaired) electrons. The van der Waals surface area contributed by atoms with Gasteiger partial charge in [0.1, 0.15) is 0 Å². The van der Waals surface area contributed by atoms with Gasteiger partial charge in [0, 0.05) is 24.2 Å². The lowest BCUT2D eigenvalue weighted by Gasteiger charge is -2.25. The molecule has 3 N–H and O–H groups in total. The molecule has 1 aliphatic heterocycles. The first-order chi connectivity index (χ1) is 18.2. The first-order valence-electron chi connectivity index (χ1n) is 13.1. The number of sulfonamides is 1. The summed E-state index contributed by atoms with van der Waals surface area (Å²) in [5.41, 5.74) is 8.53. The van der Waals surface area contributed by atoms with Gasteiger partial charge in [-0.2, -0.15) is 0 Å². The van der Waals surface area contributed by atoms with Crippen molar-refractivity contribution in [3.8, 4) is 11.1 Å². The molecule has 0 saturated heterocycles. The van der Waals surface area contributed by atoms with E-state index in [1.807, 2.05) is 17.0 Å². The van der Waals surface area contributed by atoms with Gasteiger partial charge in [-0.25, -0.2) is 17.9 Å². The van der Waals surface area contributed by atoms with E-state index in [9.17, 15) is 18.3 Å². The highest BCUT2D eigenvalue weighted by atomic mass is 32.2. The molecule has 3 aromatic rings. The van der Waals surface area contributed by atoms with Crippen LogP contribution >= 0.6 is 0 Å². The number of hydrogen-bond donors (Lipinski definition) is 3. The van der Waals surface area contributed by atoms with Crippen molar-refractivity contribution in [2.75, 3.05) is 18.5 Å². The largest absolute Gasteiger partial charge is 0.392 e. The SMILES string of the molecule is CNS(=O)(=O)c1ccc(CNC(=O)N2CC3(CCCC3)c3cc(-c4c(C)cc(CO)cc4C)ccc32)cc1. The van der Waals surface area contributed by atoms with Crippen LogP contribution in [-0.2, 0) is 28.6 Å². The van der Waals surface area contributed by atoms with Crippen molar-refractivity contribution in [3.63, 3.8) is 0 Å². The maximum absolute atomic E-state index is 13.4. The summed E-state index contributed by atoms with van der Waals surface area (Å²) in [6.45, 7) is 5.17. The van der Waals surface area contributed by atoms with Crippen molar-refractivity contribution in [3.05, 3.63) is 82.4 Å². The fourth-order valence-corrected chi connectivity index (χ4v) is 6.99. The summed E-state index contributed by atoms with van der Waals surface area (Å²) < 4.78 is 26.3. The van der Waals surface area contributed by atoms with Crippen LogP contribution in [0.4, 0.5) is 10.5 Å². The minimum Gasteiger partial charge on any atom is -0.392 e. The number of nitrogens with one attached hydrogen (secondary N) is 2. The number of fused-ring (bicyclic) bond motifs is 2. The monoisotopic (exact) mass is 533 g/mol. The average molecular weight is 534 g/mol. The molecule has 3 aromatic carbocycles. The maximum Gasteiger partial charge on any atom is 0.322 e. The normalized spacial score (nSPS) is 16.2. The van der Waals surface area contributed by atoms with Crippen LogP contribution in [-0.4, -0.2) is 33.1 Å². The number of rotatable bonds is 6. The number of urea groups is 1. The third kappa shape index (κ3) is 4.72. The molecular formula is C30H35N3O4S. The van der Waals surface area contributed by atoms with E-state index in [0.29, 0.717) is 13.1 Å². The molecule has 200 valence electrons. The lowest BCUT2D eigenvalue weighted by molar-refractivity contribution is 0.245. The summed E-state index contributed by atoms with van der Waals surface area (Å²) in [7, 11) is -2.11. The number of carbonyl (C=O) groups is 1. The van der Waals surface area contributed by atoms with Crippen LogP contribution in [0, 0.1) is 13.8 Å². The average Bonchev–Trinajstić information content (AvgIpc) is 3.52. The third-order valence-corrected chi connectivity index (χ3v) is 9.57. The summed E-state index contributed by atoms with van der Waals surface area (Å²) in [5.74, 6) is 0. The third-order valence-electron chi connectivity index (χ3n) is 8.14. The van der Waals surface area contributed by atoms with Crippen LogP contribution in [0.25, 0.3) is 11.1 Å². The molecule has 2 amide bonds. The summed E-state index contributed by atoms with van der Waals surface area (Å²) in [4.78, 5) is 15.5. The van der Waals surface area contributed by atoms with Crippen molar-refractivity contribution < 1.29 is 18.3 Å². The van der Waals surface area contributed by atoms with Crippen LogP contribution in [0.3, 0.4) is 0 Å². The van der Waals surface area contributed by atoms with Crippen LogP contribution in [0.1, 0.15) is 53.5 Å². The highest BCUT2D eigenvalue weighted by Gasteiger charge is 2.46. The van der Waals surface area contributed by atoms with Crippen LogP contribution in [0.15, 0.2) is 59.5 Å². The van der Waals surface area contributed by atoms with E-state index in [1.54, 1.807) is 24.3 Å². The van der Waals surface area contributed by atoms with Gasteiger partial charge < -0.3 is 10.4 Å². The van der Waals surface area contributed by atoms with Crippen molar-refractivity contribution in [2.24, 2.45) is 0 Å². The molecular weight excluding hydrogens is 498 g/mol. The fraction of sp³-hybridized carbons (Fsp3) is 0.367. The number of nitrogens with zero attached hydrogens (tertiary/aromatic N) is 1. The van der Waals surface area contributed by atoms with Gasteiger partial charge in [0.25, 0.3) is 0 Å². The van der Waals surface area contributed by atoms with Gasteiger partial charge in [0.05, 0.1) is 11.5 Å². The Morgan fingerprint density at radius 2 is 1.63 bits per heavy atom. The lowest BCUT2D eigenvalue weighted by atomic mass is 9.79. The Bertz CT molecular complexity index is 1450. The van der Waals surface area contributed by atoms with Crippen molar-refractivity contribution in [2.45, 2.75) is 63.0 Å². The van der Waals surface area contributed by atoms with E-state index in [-0.39, 0.29) is 22.9 Å². The summed E-state index contributed by atoms with van der Waals surface area (Å²) >= 11 is 0. The number of aliphatic hydroxyl groups is 1. The number of carbonyl (C=O) groups excluding carboxylic acids is 1. The van der Waals surface area contributed by atoms with E-state index in [1.165, 1.54) is 18.2 Å². The van der Waals surface area contributed by atoms with Crippen LogP contribution in [0.5, 0.6) is 0 Å². The molecule has 1 heterocycles. The summed E-state index contributed by atoms with van der Waals surface area (Å²) in [6, 6.07) is 16.9. The molecule has 0 bridgehead atoms. The van der Waals surface area contributed by atoms with Gasteiger partial charge in [-0.1, -0.05) is 43.2 Å². The predicted octanol–water partition coefficient (Wildman–Crippen LogP) is 4.91. The minimum atomic E-state index is -3.50. The second-order valence-electron chi connectivity index (χ2n) is 10.6. The number of anilines is 1. The molecule has 2 aliphatic rings. The van der Waals surface area contributed by atoms with Crippen molar-refractivity contribution in [1.29, 1.82) is 0 Å². The number of amides is 2. The van der Waals surface area contributed by atoms with E-state index in [4.69, 9.17) is 0 Å². The molecule has 0 aromatic heterocycles. The van der Waals surface area contributed by atoms with Gasteiger partial charge in [-0.15, -0.1) is 0 Å². The Morgan fingerprint density at radius 3 is 2.24 bits per heavy atom. The molecule has 1 saturated carbocycles. The summed E-state index contributed by atoms with van der Waals surface area (Å²) in [5, 5.41) is 12.6. The van der Waals surface area contributed by atoms with Crippen LogP contribution in [0.2, 0.25) is 0 Å². The van der Waals surface area contributed by atoms with E-state index >= 15 is 0 Å². The maximum atomic E-state index is 13.4. The second-order valence-corrected chi connectivity index (χ2v) is 12.5. The smallest absolute Gasteiger partial charge is 0.322 e. The zero-order valence-electron chi connectivity index (χ0n) is 22.2. The Labute approximate surface area is 224 Å². The first-order valence-corrected chi connectivity index (χ1v) is 14.6. The second kappa shape index (κ2) is 10.2. The van der Waals surface area contributed by atoms with Crippen molar-refractivity contribution >= 4 is 21.7 Å². The van der Waals surface area contributed by atoms with Gasteiger partial charge >= 0.3 is 6.03 Å². The topological polar surface area (TPSA) is 98.7 Å². The van der Waals surface area contributed by atoms with E-state index in [2.05, 4.69) is 42.1 Å². The quantitative estimate of drug-likeness (QED) is 0.419. The highest BCUT2D eigenvalue weighted by molar-refractivity contribution is 7.89. The highest BCUT2D eigenvalue weighted by Crippen LogP contribution is 2.51. The first kappa shape index (κ1) is 26.4. The lowest BCUT2D eigenvalue weighted by Crippen LogP contribution is -2.41. The Hall–Kier alpha value is -3.20. The fourth-order valence-electron chi connectivity index (χ4n) is 6.26.